The third kappa shape index (κ3) is 4.72. The van der Waals surface area contributed by atoms with Crippen molar-refractivity contribution < 1.29 is 9.90 Å². The van der Waals surface area contributed by atoms with Gasteiger partial charge in [0.05, 0.1) is 0 Å². The number of amides is 1. The van der Waals surface area contributed by atoms with E-state index in [4.69, 9.17) is 17.4 Å². The Balaban J connectivity index is 1.22. The minimum absolute atomic E-state index is 0.0823. The molecule has 1 fully saturated rings. The van der Waals surface area contributed by atoms with E-state index in [1.54, 1.807) is 18.2 Å². The standard InChI is InChI=1S/C33H30ClN5O2/c34-25-9-12-31(40)28(19-25)32(30-18-23-3-1-2-4-29(23)36-30)39-20-24-6-5-22(17-27(24)33(39)41)21-7-10-26(11-8-21)37-13-15-38(35)16-14-37/h1-12,17-19,32,36,40H,13-16,20,35H2. The fraction of sp³-hybridized carbons (Fsp3) is 0.182. The van der Waals surface area contributed by atoms with Gasteiger partial charge in [-0.2, -0.15) is 0 Å². The van der Waals surface area contributed by atoms with Crippen molar-refractivity contribution in [2.45, 2.75) is 12.6 Å². The van der Waals surface area contributed by atoms with Crippen LogP contribution in [0.25, 0.3) is 22.0 Å². The largest absolute Gasteiger partial charge is 0.508 e. The number of rotatable bonds is 5. The van der Waals surface area contributed by atoms with Gasteiger partial charge in [0, 0.05) is 65.8 Å². The van der Waals surface area contributed by atoms with Crippen molar-refractivity contribution in [2.75, 3.05) is 31.1 Å². The molecule has 0 saturated carbocycles. The molecule has 41 heavy (non-hydrogen) atoms. The highest BCUT2D eigenvalue weighted by Gasteiger charge is 2.36. The number of benzene rings is 4. The summed E-state index contributed by atoms with van der Waals surface area (Å²) in [5.41, 5.74) is 7.21. The predicted octanol–water partition coefficient (Wildman–Crippen LogP) is 5.94. The summed E-state index contributed by atoms with van der Waals surface area (Å²) in [5.74, 6) is 5.92. The molecule has 1 aromatic heterocycles. The zero-order valence-electron chi connectivity index (χ0n) is 22.4. The molecule has 8 heteroatoms. The van der Waals surface area contributed by atoms with Crippen molar-refractivity contribution >= 4 is 34.1 Å². The van der Waals surface area contributed by atoms with Gasteiger partial charge in [0.25, 0.3) is 5.91 Å². The first-order valence-electron chi connectivity index (χ1n) is 13.8. The number of carbonyl (C=O) groups is 1. The topological polar surface area (TPSA) is 88.8 Å². The number of piperazine rings is 1. The molecule has 0 aliphatic carbocycles. The molecule has 7 nitrogen and oxygen atoms in total. The van der Waals surface area contributed by atoms with Crippen molar-refractivity contribution in [3.05, 3.63) is 118 Å². The highest BCUT2D eigenvalue weighted by molar-refractivity contribution is 6.30. The van der Waals surface area contributed by atoms with Crippen LogP contribution in [0.15, 0.2) is 91.0 Å². The zero-order valence-corrected chi connectivity index (χ0v) is 23.2. The van der Waals surface area contributed by atoms with E-state index in [2.05, 4.69) is 40.2 Å². The number of hydrogen-bond acceptors (Lipinski definition) is 5. The number of nitrogens with two attached hydrogens (primary N) is 1. The molecule has 1 saturated heterocycles. The molecule has 1 amide bonds. The van der Waals surface area contributed by atoms with Gasteiger partial charge in [-0.25, -0.2) is 5.01 Å². The van der Waals surface area contributed by atoms with E-state index in [9.17, 15) is 9.90 Å². The van der Waals surface area contributed by atoms with Gasteiger partial charge in [-0.15, -0.1) is 0 Å². The molecule has 4 aromatic carbocycles. The van der Waals surface area contributed by atoms with Crippen molar-refractivity contribution in [3.8, 4) is 16.9 Å². The number of nitrogens with one attached hydrogen (secondary N) is 1. The maximum Gasteiger partial charge on any atom is 0.255 e. The number of fused-ring (bicyclic) bond motifs is 2. The Morgan fingerprint density at radius 3 is 2.39 bits per heavy atom. The summed E-state index contributed by atoms with van der Waals surface area (Å²) in [6.45, 7) is 3.92. The predicted molar refractivity (Wildman–Crippen MR) is 163 cm³/mol. The first-order valence-corrected chi connectivity index (χ1v) is 14.2. The zero-order chi connectivity index (χ0) is 28.1. The van der Waals surface area contributed by atoms with Crippen LogP contribution in [0.5, 0.6) is 5.75 Å². The molecule has 2 aliphatic rings. The van der Waals surface area contributed by atoms with Gasteiger partial charge < -0.3 is 19.9 Å². The average Bonchev–Trinajstić information content (AvgIpc) is 3.56. The normalized spacial score (nSPS) is 16.4. The molecule has 2 aliphatic heterocycles. The van der Waals surface area contributed by atoms with Gasteiger partial charge in [-0.3, -0.25) is 10.6 Å². The molecule has 206 valence electrons. The third-order valence-corrected chi connectivity index (χ3v) is 8.50. The Hall–Kier alpha value is -4.30. The molecule has 5 aromatic rings. The molecular formula is C33H30ClN5O2. The molecular weight excluding hydrogens is 534 g/mol. The Labute approximate surface area is 243 Å². The fourth-order valence-corrected chi connectivity index (χ4v) is 6.23. The molecule has 0 bridgehead atoms. The molecule has 3 heterocycles. The highest BCUT2D eigenvalue weighted by atomic mass is 35.5. The van der Waals surface area contributed by atoms with E-state index in [0.717, 1.165) is 59.5 Å². The second kappa shape index (κ2) is 10.3. The van der Waals surface area contributed by atoms with Gasteiger partial charge in [-0.05, 0) is 70.6 Å². The molecule has 0 spiro atoms. The number of halogens is 1. The number of nitrogens with zero attached hydrogens (tertiary/aromatic N) is 3. The smallest absolute Gasteiger partial charge is 0.255 e. The van der Waals surface area contributed by atoms with Crippen molar-refractivity contribution in [1.82, 2.24) is 14.9 Å². The van der Waals surface area contributed by atoms with E-state index in [0.29, 0.717) is 22.7 Å². The summed E-state index contributed by atoms with van der Waals surface area (Å²) in [6.07, 6.45) is 0. The van der Waals surface area contributed by atoms with E-state index in [-0.39, 0.29) is 11.7 Å². The van der Waals surface area contributed by atoms with E-state index in [1.807, 2.05) is 52.4 Å². The van der Waals surface area contributed by atoms with Gasteiger partial charge in [0.15, 0.2) is 0 Å². The molecule has 4 N–H and O–H groups in total. The minimum Gasteiger partial charge on any atom is -0.508 e. The number of H-pyrrole nitrogens is 1. The van der Waals surface area contributed by atoms with E-state index in [1.165, 1.54) is 5.69 Å². The molecule has 1 atom stereocenters. The monoisotopic (exact) mass is 563 g/mol. The van der Waals surface area contributed by atoms with Crippen molar-refractivity contribution in [1.29, 1.82) is 0 Å². The van der Waals surface area contributed by atoms with Crippen LogP contribution in [0, 0.1) is 0 Å². The highest BCUT2D eigenvalue weighted by Crippen LogP contribution is 2.41. The number of carbonyl (C=O) groups excluding carboxylic acids is 1. The Bertz CT molecular complexity index is 1720. The number of aromatic amines is 1. The molecule has 0 radical (unpaired) electrons. The quantitative estimate of drug-likeness (QED) is 0.230. The Morgan fingerprint density at radius 2 is 1.61 bits per heavy atom. The Morgan fingerprint density at radius 1 is 0.854 bits per heavy atom. The van der Waals surface area contributed by atoms with Crippen molar-refractivity contribution in [2.24, 2.45) is 5.84 Å². The lowest BCUT2D eigenvalue weighted by Gasteiger charge is -2.33. The van der Waals surface area contributed by atoms with Crippen molar-refractivity contribution in [3.63, 3.8) is 0 Å². The lowest BCUT2D eigenvalue weighted by atomic mass is 10.00. The van der Waals surface area contributed by atoms with Crippen LogP contribution in [-0.2, 0) is 6.54 Å². The number of aromatic nitrogens is 1. The molecule has 1 unspecified atom stereocenters. The van der Waals surface area contributed by atoms with Crippen LogP contribution >= 0.6 is 11.6 Å². The number of hydrogen-bond donors (Lipinski definition) is 3. The lowest BCUT2D eigenvalue weighted by molar-refractivity contribution is 0.0727. The van der Waals surface area contributed by atoms with Crippen LogP contribution in [-0.4, -0.2) is 52.1 Å². The van der Waals surface area contributed by atoms with E-state index < -0.39 is 6.04 Å². The number of aromatic hydroxyl groups is 1. The van der Waals surface area contributed by atoms with Gasteiger partial charge in [-0.1, -0.05) is 54.1 Å². The SMILES string of the molecule is NN1CCN(c2ccc(-c3ccc4c(c3)C(=O)N(C(c3cc5ccccc5[nH]3)c3cc(Cl)ccc3O)C4)cc2)CC1. The summed E-state index contributed by atoms with van der Waals surface area (Å²) in [4.78, 5) is 21.7. The van der Waals surface area contributed by atoms with Crippen LogP contribution in [0.3, 0.4) is 0 Å². The van der Waals surface area contributed by atoms with Crippen LogP contribution < -0.4 is 10.7 Å². The summed E-state index contributed by atoms with van der Waals surface area (Å²) < 4.78 is 0. The summed E-state index contributed by atoms with van der Waals surface area (Å²) in [7, 11) is 0. The molecule has 7 rings (SSSR count). The lowest BCUT2D eigenvalue weighted by Crippen LogP contribution is -2.49. The van der Waals surface area contributed by atoms with Crippen LogP contribution in [0.4, 0.5) is 5.69 Å². The van der Waals surface area contributed by atoms with E-state index >= 15 is 0 Å². The number of phenolic OH excluding ortho intramolecular Hbond substituents is 1. The second-order valence-corrected chi connectivity index (χ2v) is 11.2. The maximum atomic E-state index is 14.0. The maximum absolute atomic E-state index is 14.0. The number of para-hydroxylation sites is 1. The first-order chi connectivity index (χ1) is 19.9. The van der Waals surface area contributed by atoms with Gasteiger partial charge >= 0.3 is 0 Å². The Kier molecular flexibility index (Phi) is 6.43. The number of anilines is 1. The first kappa shape index (κ1) is 25.7. The van der Waals surface area contributed by atoms with Crippen LogP contribution in [0.1, 0.15) is 33.2 Å². The number of hydrazine groups is 1. The second-order valence-electron chi connectivity index (χ2n) is 10.8. The van der Waals surface area contributed by atoms with Gasteiger partial charge in [0.2, 0.25) is 0 Å². The summed E-state index contributed by atoms with van der Waals surface area (Å²) in [6, 6.07) is 29.1. The minimum atomic E-state index is -0.544. The fourth-order valence-electron chi connectivity index (χ4n) is 6.05. The third-order valence-electron chi connectivity index (χ3n) is 8.26. The number of phenols is 1. The van der Waals surface area contributed by atoms with Gasteiger partial charge in [0.1, 0.15) is 11.8 Å². The summed E-state index contributed by atoms with van der Waals surface area (Å²) >= 11 is 6.38. The van der Waals surface area contributed by atoms with Crippen LogP contribution in [0.2, 0.25) is 5.02 Å². The summed E-state index contributed by atoms with van der Waals surface area (Å²) in [5, 5.41) is 14.3. The average molecular weight is 564 g/mol.